The predicted octanol–water partition coefficient (Wildman–Crippen LogP) is 5.59. The number of rotatable bonds is 5. The van der Waals surface area contributed by atoms with E-state index in [9.17, 15) is 0 Å². The van der Waals surface area contributed by atoms with Gasteiger partial charge in [-0.3, -0.25) is 0 Å². The number of amidine groups is 1. The number of imidazole rings is 1. The average molecular weight is 479 g/mol. The molecule has 2 aliphatic rings. The summed E-state index contributed by atoms with van der Waals surface area (Å²) in [5, 5.41) is 4.28. The molecule has 0 aliphatic carbocycles. The molecule has 3 aromatic rings. The quantitative estimate of drug-likeness (QED) is 0.446. The second-order valence-electron chi connectivity index (χ2n) is 8.07. The summed E-state index contributed by atoms with van der Waals surface area (Å²) in [4.78, 5) is 11.9. The molecule has 0 amide bonds. The Bertz CT molecular complexity index is 1160. The fourth-order valence-electron chi connectivity index (χ4n) is 3.88. The van der Waals surface area contributed by atoms with Crippen molar-refractivity contribution in [3.05, 3.63) is 83.4 Å². The normalized spacial score (nSPS) is 18.0. The number of oxime groups is 1. The summed E-state index contributed by atoms with van der Waals surface area (Å²) >= 11 is 1.27. The number of ether oxygens (including phenoxy) is 1. The van der Waals surface area contributed by atoms with Crippen LogP contribution in [0.2, 0.25) is 0 Å². The first kappa shape index (κ1) is 23.9. The Labute approximate surface area is 205 Å². The summed E-state index contributed by atoms with van der Waals surface area (Å²) in [7, 11) is 3.33. The molecular weight excluding hydrogens is 448 g/mol. The molecule has 7 nitrogen and oxygen atoms in total. The van der Waals surface area contributed by atoms with E-state index in [2.05, 4.69) is 46.2 Å². The molecule has 0 N–H and O–H groups in total. The number of aromatic nitrogens is 2. The van der Waals surface area contributed by atoms with E-state index < -0.39 is 0 Å². The van der Waals surface area contributed by atoms with Crippen LogP contribution in [0, 0.1) is 13.8 Å². The number of fused-ring (bicyclic) bond motifs is 1. The number of methoxy groups -OCH3 is 1. The second-order valence-corrected chi connectivity index (χ2v) is 8.99. The fraction of sp³-hybridized carbons (Fsp3) is 0.308. The smallest absolute Gasteiger partial charge is 0.273 e. The minimum Gasteiger partial charge on any atom is -0.495 e. The van der Waals surface area contributed by atoms with Crippen molar-refractivity contribution in [1.82, 2.24) is 14.5 Å². The molecule has 0 spiro atoms. The molecule has 0 radical (unpaired) electrons. The highest BCUT2D eigenvalue weighted by molar-refractivity contribution is 7.95. The van der Waals surface area contributed by atoms with Crippen LogP contribution in [0.15, 0.2) is 71.8 Å². The molecule has 2 aromatic carbocycles. The van der Waals surface area contributed by atoms with E-state index in [1.807, 2.05) is 48.0 Å². The molecule has 1 unspecified atom stereocenters. The van der Waals surface area contributed by atoms with E-state index >= 15 is 0 Å². The van der Waals surface area contributed by atoms with Crippen molar-refractivity contribution in [1.29, 1.82) is 0 Å². The van der Waals surface area contributed by atoms with Crippen molar-refractivity contribution < 1.29 is 13.8 Å². The summed E-state index contributed by atoms with van der Waals surface area (Å²) in [5.74, 6) is 1.69. The third-order valence-corrected chi connectivity index (χ3v) is 6.24. The van der Waals surface area contributed by atoms with Crippen LogP contribution in [0.25, 0.3) is 11.8 Å². The summed E-state index contributed by atoms with van der Waals surface area (Å²) in [6.45, 7) is 4.97. The van der Waals surface area contributed by atoms with Crippen molar-refractivity contribution in [3.63, 3.8) is 0 Å². The van der Waals surface area contributed by atoms with Crippen LogP contribution in [0.5, 0.6) is 5.75 Å². The zero-order valence-corrected chi connectivity index (χ0v) is 20.8. The van der Waals surface area contributed by atoms with Gasteiger partial charge in [-0.2, -0.15) is 0 Å². The highest BCUT2D eigenvalue weighted by Crippen LogP contribution is 2.33. The van der Waals surface area contributed by atoms with Gasteiger partial charge in [-0.05, 0) is 56.0 Å². The molecule has 178 valence electrons. The van der Waals surface area contributed by atoms with Crippen LogP contribution >= 0.6 is 12.0 Å². The molecule has 0 saturated carbocycles. The number of hydrogen-bond acceptors (Lipinski definition) is 7. The van der Waals surface area contributed by atoms with Gasteiger partial charge in [0.05, 0.1) is 44.0 Å². The Morgan fingerprint density at radius 2 is 1.94 bits per heavy atom. The fourth-order valence-corrected chi connectivity index (χ4v) is 4.44. The van der Waals surface area contributed by atoms with Crippen LogP contribution < -0.4 is 4.74 Å². The van der Waals surface area contributed by atoms with E-state index in [0.717, 1.165) is 53.5 Å². The van der Waals surface area contributed by atoms with Crippen LogP contribution in [0.1, 0.15) is 29.7 Å². The minimum atomic E-state index is -0.213. The first-order valence-corrected chi connectivity index (χ1v) is 12.0. The van der Waals surface area contributed by atoms with Crippen molar-refractivity contribution in [2.45, 2.75) is 32.2 Å². The van der Waals surface area contributed by atoms with Crippen LogP contribution in [-0.4, -0.2) is 46.6 Å². The van der Waals surface area contributed by atoms with Gasteiger partial charge in [-0.15, -0.1) is 0 Å². The first-order valence-electron chi connectivity index (χ1n) is 11.2. The maximum atomic E-state index is 5.61. The Morgan fingerprint density at radius 3 is 2.59 bits per heavy atom. The van der Waals surface area contributed by atoms with E-state index in [-0.39, 0.29) is 5.56 Å². The molecule has 3 heterocycles. The number of aryl methyl sites for hydroxylation is 2. The summed E-state index contributed by atoms with van der Waals surface area (Å²) in [5.41, 5.74) is 5.26. The Kier molecular flexibility index (Phi) is 7.92. The third kappa shape index (κ3) is 5.63. The van der Waals surface area contributed by atoms with E-state index in [4.69, 9.17) is 13.8 Å². The zero-order valence-electron chi connectivity index (χ0n) is 20.0. The van der Waals surface area contributed by atoms with Crippen LogP contribution in [0.4, 0.5) is 0 Å². The van der Waals surface area contributed by atoms with Crippen molar-refractivity contribution in [2.75, 3.05) is 20.8 Å². The maximum absolute atomic E-state index is 5.61. The third-order valence-electron chi connectivity index (χ3n) is 5.54. The molecule has 1 atom stereocenters. The molecule has 8 heteroatoms. The van der Waals surface area contributed by atoms with Crippen molar-refractivity contribution >= 4 is 24.0 Å². The molecule has 5 rings (SSSR count). The van der Waals surface area contributed by atoms with Crippen LogP contribution in [-0.2, 0) is 9.02 Å². The van der Waals surface area contributed by atoms with E-state index in [0.29, 0.717) is 0 Å². The molecule has 1 fully saturated rings. The number of benzene rings is 2. The molecular formula is C26H30N4O3S. The van der Waals surface area contributed by atoms with Crippen molar-refractivity contribution in [3.8, 4) is 11.4 Å². The van der Waals surface area contributed by atoms with Crippen LogP contribution in [0.3, 0.4) is 0 Å². The van der Waals surface area contributed by atoms with Gasteiger partial charge in [0, 0.05) is 12.7 Å². The van der Waals surface area contributed by atoms with Gasteiger partial charge >= 0.3 is 0 Å². The lowest BCUT2D eigenvalue weighted by atomic mass is 10.0. The Balaban J connectivity index is 0.000000336. The standard InChI is InChI=1S/C19H22N4O3S.C7H8/c1-13-11-22(12-20-13)16-7-6-14(10-17(16)24-2)9-15-5-4-8-23-18(15)21-26-19(23)27-25-3;1-7-5-3-2-4-6-7/h6-7,9-12,19H,4-5,8H2,1-3H3;2-6H,1H3/b15-9+;. The summed E-state index contributed by atoms with van der Waals surface area (Å²) in [6, 6.07) is 16.4. The average Bonchev–Trinajstić information content (AvgIpc) is 3.47. The SMILES string of the molecule is COSC1ON=C2/C(=C/c3ccc(-n4cnc(C)c4)c(OC)c3)CCCN21.Cc1ccccc1. The van der Waals surface area contributed by atoms with E-state index in [1.165, 1.54) is 17.6 Å². The van der Waals surface area contributed by atoms with Gasteiger partial charge in [-0.25, -0.2) is 4.98 Å². The van der Waals surface area contributed by atoms with Gasteiger partial charge in [0.15, 0.2) is 5.84 Å². The van der Waals surface area contributed by atoms with Gasteiger partial charge in [0.2, 0.25) is 0 Å². The summed E-state index contributed by atoms with van der Waals surface area (Å²) in [6.07, 6.45) is 7.95. The maximum Gasteiger partial charge on any atom is 0.273 e. The monoisotopic (exact) mass is 478 g/mol. The lowest BCUT2D eigenvalue weighted by molar-refractivity contribution is 0.0733. The van der Waals surface area contributed by atoms with Gasteiger partial charge in [0.1, 0.15) is 5.75 Å². The lowest BCUT2D eigenvalue weighted by Crippen LogP contribution is -2.38. The van der Waals surface area contributed by atoms with Gasteiger partial charge < -0.3 is 23.2 Å². The molecule has 0 bridgehead atoms. The van der Waals surface area contributed by atoms with Crippen molar-refractivity contribution in [2.24, 2.45) is 5.16 Å². The molecule has 1 aromatic heterocycles. The van der Waals surface area contributed by atoms with Gasteiger partial charge in [-0.1, -0.05) is 47.1 Å². The Hall–Kier alpha value is -3.23. The first-order chi connectivity index (χ1) is 16.6. The number of piperidine rings is 1. The number of nitrogens with zero attached hydrogens (tertiary/aromatic N) is 4. The van der Waals surface area contributed by atoms with Gasteiger partial charge in [0.25, 0.3) is 5.56 Å². The topological polar surface area (TPSA) is 61.1 Å². The molecule has 34 heavy (non-hydrogen) atoms. The Morgan fingerprint density at radius 1 is 1.12 bits per heavy atom. The molecule has 1 saturated heterocycles. The summed E-state index contributed by atoms with van der Waals surface area (Å²) < 4.78 is 12.7. The highest BCUT2D eigenvalue weighted by atomic mass is 32.2. The predicted molar refractivity (Wildman–Crippen MR) is 137 cm³/mol. The highest BCUT2D eigenvalue weighted by Gasteiger charge is 2.35. The second kappa shape index (κ2) is 11.3. The zero-order chi connectivity index (χ0) is 23.9. The lowest BCUT2D eigenvalue weighted by Gasteiger charge is -2.28. The largest absolute Gasteiger partial charge is 0.495 e. The number of hydrogen-bond donors (Lipinski definition) is 0. The minimum absolute atomic E-state index is 0.213. The van der Waals surface area contributed by atoms with E-state index in [1.54, 1.807) is 20.5 Å². The molecule has 2 aliphatic heterocycles.